The summed E-state index contributed by atoms with van der Waals surface area (Å²) in [7, 11) is 0. The third-order valence-corrected chi connectivity index (χ3v) is 3.18. The number of amides is 1. The molecule has 0 atom stereocenters. The number of piperazine rings is 1. The molecule has 2 heterocycles. The van der Waals surface area contributed by atoms with Gasteiger partial charge in [0.2, 0.25) is 0 Å². The third-order valence-electron chi connectivity index (χ3n) is 2.74. The van der Waals surface area contributed by atoms with Gasteiger partial charge in [-0.3, -0.25) is 9.59 Å². The lowest BCUT2D eigenvalue weighted by Crippen LogP contribution is -2.46. The van der Waals surface area contributed by atoms with Crippen LogP contribution in [0.25, 0.3) is 0 Å². The zero-order valence-corrected chi connectivity index (χ0v) is 14.7. The summed E-state index contributed by atoms with van der Waals surface area (Å²) >= 11 is 3.26. The van der Waals surface area contributed by atoms with Crippen LogP contribution in [0.4, 0.5) is 0 Å². The average molecular weight is 372 g/mol. The number of hydrogen-bond acceptors (Lipinski definition) is 5. The molecule has 0 aliphatic carbocycles. The topological polar surface area (TPSA) is 71.5 Å². The first-order chi connectivity index (χ1) is 10.3. The van der Waals surface area contributed by atoms with Gasteiger partial charge in [0.15, 0.2) is 0 Å². The van der Waals surface area contributed by atoms with Crippen LogP contribution in [0, 0.1) is 0 Å². The van der Waals surface area contributed by atoms with E-state index in [2.05, 4.69) is 31.0 Å². The van der Waals surface area contributed by atoms with Gasteiger partial charge in [0.1, 0.15) is 15.9 Å². The maximum Gasteiger partial charge on any atom is 0.293 e. The van der Waals surface area contributed by atoms with Gasteiger partial charge in [0.25, 0.3) is 12.4 Å². The number of rotatable bonds is 2. The molecule has 1 aromatic heterocycles. The predicted molar refractivity (Wildman–Crippen MR) is 87.6 cm³/mol. The lowest BCUT2D eigenvalue weighted by atomic mass is 10.2. The number of nitrogens with one attached hydrogen (secondary N) is 1. The number of aromatic nitrogens is 1. The first-order valence-electron chi connectivity index (χ1n) is 7.07. The Hall–Kier alpha value is -1.47. The number of nitrogens with zero attached hydrogens (tertiary/aromatic N) is 2. The van der Waals surface area contributed by atoms with Gasteiger partial charge in [-0.05, 0) is 48.8 Å². The van der Waals surface area contributed by atoms with E-state index >= 15 is 0 Å². The Balaban J connectivity index is 0.000000295. The van der Waals surface area contributed by atoms with Gasteiger partial charge in [-0.25, -0.2) is 4.98 Å². The van der Waals surface area contributed by atoms with Crippen LogP contribution >= 0.6 is 15.9 Å². The molecule has 0 radical (unpaired) electrons. The molecule has 0 spiro atoms. The second-order valence-corrected chi connectivity index (χ2v) is 6.53. The summed E-state index contributed by atoms with van der Waals surface area (Å²) in [5, 5.41) is 3.21. The molecule has 1 amide bonds. The van der Waals surface area contributed by atoms with Crippen molar-refractivity contribution in [2.75, 3.05) is 26.2 Å². The van der Waals surface area contributed by atoms with Crippen LogP contribution in [-0.2, 0) is 9.53 Å². The zero-order valence-electron chi connectivity index (χ0n) is 13.1. The monoisotopic (exact) mass is 371 g/mol. The molecule has 1 aliphatic rings. The van der Waals surface area contributed by atoms with Crippen LogP contribution in [0.3, 0.4) is 0 Å². The SMILES string of the molecule is CC(C)(C)OC=O.O=C(c1cccc(Br)n1)N1CCNCC1. The van der Waals surface area contributed by atoms with Crippen molar-refractivity contribution in [3.8, 4) is 0 Å². The lowest BCUT2D eigenvalue weighted by Gasteiger charge is -2.27. The van der Waals surface area contributed by atoms with Crippen molar-refractivity contribution < 1.29 is 14.3 Å². The highest BCUT2D eigenvalue weighted by Crippen LogP contribution is 2.09. The highest BCUT2D eigenvalue weighted by Gasteiger charge is 2.18. The van der Waals surface area contributed by atoms with E-state index < -0.39 is 0 Å². The molecular formula is C15H22BrN3O3. The molecule has 0 aromatic carbocycles. The Kier molecular flexibility index (Phi) is 7.47. The highest BCUT2D eigenvalue weighted by molar-refractivity contribution is 9.10. The van der Waals surface area contributed by atoms with Crippen molar-refractivity contribution in [2.24, 2.45) is 0 Å². The summed E-state index contributed by atoms with van der Waals surface area (Å²) in [6.07, 6.45) is 0. The summed E-state index contributed by atoms with van der Waals surface area (Å²) in [6.45, 7) is 9.16. The maximum absolute atomic E-state index is 12.0. The van der Waals surface area contributed by atoms with Crippen molar-refractivity contribution in [1.82, 2.24) is 15.2 Å². The lowest BCUT2D eigenvalue weighted by molar-refractivity contribution is -0.138. The van der Waals surface area contributed by atoms with Gasteiger partial charge in [-0.15, -0.1) is 0 Å². The first-order valence-corrected chi connectivity index (χ1v) is 7.87. The molecule has 7 heteroatoms. The van der Waals surface area contributed by atoms with E-state index in [4.69, 9.17) is 0 Å². The van der Waals surface area contributed by atoms with Crippen LogP contribution in [0.5, 0.6) is 0 Å². The summed E-state index contributed by atoms with van der Waals surface area (Å²) in [6, 6.07) is 5.39. The molecule has 122 valence electrons. The van der Waals surface area contributed by atoms with Gasteiger partial charge in [-0.1, -0.05) is 6.07 Å². The highest BCUT2D eigenvalue weighted by atomic mass is 79.9. The molecule has 0 unspecified atom stereocenters. The fourth-order valence-corrected chi connectivity index (χ4v) is 2.05. The number of carbonyl (C=O) groups is 2. The van der Waals surface area contributed by atoms with Crippen LogP contribution < -0.4 is 5.32 Å². The van der Waals surface area contributed by atoms with E-state index in [1.165, 1.54) is 0 Å². The fraction of sp³-hybridized carbons (Fsp3) is 0.533. The van der Waals surface area contributed by atoms with Crippen LogP contribution in [0.15, 0.2) is 22.8 Å². The number of carbonyl (C=O) groups excluding carboxylic acids is 2. The zero-order chi connectivity index (χ0) is 16.6. The molecule has 1 saturated heterocycles. The minimum atomic E-state index is -0.318. The van der Waals surface area contributed by atoms with Gasteiger partial charge in [0, 0.05) is 26.2 Å². The molecule has 1 N–H and O–H groups in total. The van der Waals surface area contributed by atoms with Gasteiger partial charge >= 0.3 is 0 Å². The normalized spacial score (nSPS) is 14.6. The third kappa shape index (κ3) is 7.00. The molecule has 1 fully saturated rings. The number of ether oxygens (including phenoxy) is 1. The van der Waals surface area contributed by atoms with Crippen molar-refractivity contribution >= 4 is 28.3 Å². The molecular weight excluding hydrogens is 350 g/mol. The Labute approximate surface area is 139 Å². The molecule has 1 aliphatic heterocycles. The summed E-state index contributed by atoms with van der Waals surface area (Å²) < 4.78 is 5.25. The quantitative estimate of drug-likeness (QED) is 0.634. The molecule has 0 bridgehead atoms. The van der Waals surface area contributed by atoms with Gasteiger partial charge in [0.05, 0.1) is 0 Å². The van der Waals surface area contributed by atoms with Crippen LogP contribution in [0.1, 0.15) is 31.3 Å². The fourth-order valence-electron chi connectivity index (χ4n) is 1.70. The second-order valence-electron chi connectivity index (χ2n) is 5.71. The summed E-state index contributed by atoms with van der Waals surface area (Å²) in [5.41, 5.74) is 0.188. The van der Waals surface area contributed by atoms with E-state index in [0.717, 1.165) is 26.2 Å². The average Bonchev–Trinajstić information content (AvgIpc) is 2.47. The van der Waals surface area contributed by atoms with Crippen molar-refractivity contribution in [3.63, 3.8) is 0 Å². The predicted octanol–water partition coefficient (Wildman–Crippen LogP) is 1.85. The Morgan fingerprint density at radius 2 is 2.00 bits per heavy atom. The molecule has 2 rings (SSSR count). The van der Waals surface area contributed by atoms with Gasteiger partial charge < -0.3 is 15.0 Å². The summed E-state index contributed by atoms with van der Waals surface area (Å²) in [5.74, 6) is 0.0119. The van der Waals surface area contributed by atoms with E-state index in [-0.39, 0.29) is 11.5 Å². The minimum absolute atomic E-state index is 0.0119. The van der Waals surface area contributed by atoms with Crippen LogP contribution in [0.2, 0.25) is 0 Å². The van der Waals surface area contributed by atoms with Gasteiger partial charge in [-0.2, -0.15) is 0 Å². The maximum atomic E-state index is 12.0. The number of hydrogen-bond donors (Lipinski definition) is 1. The Morgan fingerprint density at radius 3 is 2.45 bits per heavy atom. The van der Waals surface area contributed by atoms with Crippen molar-refractivity contribution in [3.05, 3.63) is 28.5 Å². The second kappa shape index (κ2) is 8.85. The molecule has 22 heavy (non-hydrogen) atoms. The largest absolute Gasteiger partial charge is 0.462 e. The standard InChI is InChI=1S/C10H12BrN3O.C5H10O2/c11-9-3-1-2-8(13-9)10(15)14-6-4-12-5-7-14;1-5(2,3)7-4-6/h1-3,12H,4-7H2;4H,1-3H3. The summed E-state index contributed by atoms with van der Waals surface area (Å²) in [4.78, 5) is 27.5. The Bertz CT molecular complexity index is 497. The van der Waals surface area contributed by atoms with Crippen LogP contribution in [-0.4, -0.2) is 54.0 Å². The van der Waals surface area contributed by atoms with E-state index in [1.54, 1.807) is 6.07 Å². The van der Waals surface area contributed by atoms with E-state index in [0.29, 0.717) is 16.8 Å². The first kappa shape index (κ1) is 18.6. The number of halogens is 1. The van der Waals surface area contributed by atoms with E-state index in [1.807, 2.05) is 37.8 Å². The minimum Gasteiger partial charge on any atom is -0.462 e. The molecule has 1 aromatic rings. The van der Waals surface area contributed by atoms with Crippen molar-refractivity contribution in [1.29, 1.82) is 0 Å². The number of pyridine rings is 1. The molecule has 6 nitrogen and oxygen atoms in total. The van der Waals surface area contributed by atoms with E-state index in [9.17, 15) is 9.59 Å². The van der Waals surface area contributed by atoms with Crippen molar-refractivity contribution in [2.45, 2.75) is 26.4 Å². The molecule has 0 saturated carbocycles. The Morgan fingerprint density at radius 1 is 1.36 bits per heavy atom. The smallest absolute Gasteiger partial charge is 0.293 e.